The lowest BCUT2D eigenvalue weighted by molar-refractivity contribution is -0.725. The van der Waals surface area contributed by atoms with Crippen molar-refractivity contribution in [1.82, 2.24) is 49.4 Å². The van der Waals surface area contributed by atoms with Gasteiger partial charge in [-0.3, -0.25) is 46.5 Å². The zero-order chi connectivity index (χ0) is 68.7. The van der Waals surface area contributed by atoms with Crippen LogP contribution >= 0.6 is 15.9 Å². The Labute approximate surface area is 574 Å². The van der Waals surface area contributed by atoms with E-state index in [9.17, 15) is 36.9 Å². The number of hydrogen-bond acceptors (Lipinski definition) is 10. The van der Waals surface area contributed by atoms with Crippen LogP contribution in [0.3, 0.4) is 0 Å². The van der Waals surface area contributed by atoms with Crippen LogP contribution in [0, 0.1) is 0 Å². The number of allylic oxidation sites excluding steroid dienone is 1. The summed E-state index contributed by atoms with van der Waals surface area (Å²) in [6, 6.07) is 20.0. The number of hydrogen-bond donors (Lipinski definition) is 3. The molecule has 518 valence electrons. The first-order valence-electron chi connectivity index (χ1n) is 33.2. The molecule has 2 fully saturated rings. The first-order chi connectivity index (χ1) is 46.0. The van der Waals surface area contributed by atoms with Crippen molar-refractivity contribution in [2.45, 2.75) is 161 Å². The van der Waals surface area contributed by atoms with Crippen LogP contribution in [0.4, 0.5) is 12.9 Å². The summed E-state index contributed by atoms with van der Waals surface area (Å²) in [6.45, 7) is 16.6. The molecule has 6 aromatic rings. The number of carbonyl (C=O) groups excluding carboxylic acids is 5. The Morgan fingerprint density at radius 1 is 0.649 bits per heavy atom. The number of nitrogens with zero attached hydrogens (tertiary/aromatic N) is 9. The number of aromatic amines is 1. The van der Waals surface area contributed by atoms with Gasteiger partial charge in [0.05, 0.1) is 67.3 Å². The molecular weight excluding hydrogens is 1310 g/mol. The Morgan fingerprint density at radius 3 is 1.66 bits per heavy atom. The fourth-order valence-electron chi connectivity index (χ4n) is 13.6. The summed E-state index contributed by atoms with van der Waals surface area (Å²) >= 11 is 3.52. The number of aromatic nitrogens is 6. The van der Waals surface area contributed by atoms with Crippen LogP contribution < -0.4 is 19.9 Å². The van der Waals surface area contributed by atoms with E-state index in [2.05, 4.69) is 140 Å². The van der Waals surface area contributed by atoms with E-state index in [1.54, 1.807) is 48.9 Å². The van der Waals surface area contributed by atoms with Crippen molar-refractivity contribution in [2.75, 3.05) is 53.5 Å². The Hall–Kier alpha value is -8.29. The standard InChI is InChI=1S/C22H26N4O2.C17H20N2O2.C15H25N2.C13H11BrN2O2.C5H8N2O.BF3.FH/c1-22(2,3)18-7-5-6-17-16(18)8-9-26-19(17)10-20(23-11-21(26)27)25-12-15(13-28-4)24-14-25;1-17(2,3)13-6-4-5-12-11(13)7-8-19-14(12)9-15(20)18-10-16(19)21;1-3-7-14(8-4-1)16-11-12-17(13-16)15-9-5-2-6-10-15;14-10-3-1-2-9-8(10)4-5-16-11(9)6-12(17)15-7-13(16)18;1-8-3-5-2-6-4-7-5;2-1(3)4;/h5-7,10,12,14H,8-9,11,13H2,1-4H3;4-6,9H,7-8,10H2,1-3H3,(H,18,20);11-15H,1-10H2;1-3,6H,4-5,7H2,(H,15,17);2,4H,3H2,1H3,(H,6,7);;1H/q;;+1;;;;/p-1. The maximum Gasteiger partial charge on any atom is 0.762 e. The van der Waals surface area contributed by atoms with Crippen LogP contribution in [0.15, 0.2) is 126 Å². The van der Waals surface area contributed by atoms with Gasteiger partial charge in [0.25, 0.3) is 0 Å². The number of halogens is 5. The molecule has 2 saturated carbocycles. The summed E-state index contributed by atoms with van der Waals surface area (Å²) in [7, 11) is -0.368. The van der Waals surface area contributed by atoms with Gasteiger partial charge in [-0.1, -0.05) is 119 Å². The van der Waals surface area contributed by atoms with E-state index < -0.39 is 7.54 Å². The molecule has 0 bridgehead atoms. The summed E-state index contributed by atoms with van der Waals surface area (Å²) in [5.74, 6) is 0.236. The number of aliphatic imine (C=N–C) groups is 1. The third-order valence-electron chi connectivity index (χ3n) is 18.2. The fourth-order valence-corrected chi connectivity index (χ4v) is 14.2. The van der Waals surface area contributed by atoms with Crippen molar-refractivity contribution in [1.29, 1.82) is 0 Å². The predicted octanol–water partition coefficient (Wildman–Crippen LogP) is 8.38. The number of ether oxygens (including phenoxy) is 2. The minimum atomic E-state index is -3.67. The Bertz CT molecular complexity index is 3810. The molecule has 97 heavy (non-hydrogen) atoms. The first-order valence-corrected chi connectivity index (χ1v) is 34.0. The van der Waals surface area contributed by atoms with Gasteiger partial charge in [0.1, 0.15) is 43.2 Å². The van der Waals surface area contributed by atoms with Crippen LogP contribution in [0.2, 0.25) is 0 Å². The van der Waals surface area contributed by atoms with Crippen LogP contribution in [0.25, 0.3) is 17.1 Å². The second-order valence-electron chi connectivity index (χ2n) is 26.9. The molecular formula is C72H90BBrF4N12O7. The van der Waals surface area contributed by atoms with Crippen LogP contribution in [-0.4, -0.2) is 135 Å². The minimum Gasteiger partial charge on any atom is -1.00 e. The molecule has 9 heterocycles. The number of imidazole rings is 3. The largest absolute Gasteiger partial charge is 1.00 e. The number of nitrogens with one attached hydrogen (secondary N) is 3. The Kier molecular flexibility index (Phi) is 26.3. The molecule has 0 atom stereocenters. The number of H-pyrrole nitrogens is 1. The average molecular weight is 1400 g/mol. The Balaban J connectivity index is 0.000000158. The summed E-state index contributed by atoms with van der Waals surface area (Å²) in [4.78, 5) is 81.2. The molecule has 0 saturated heterocycles. The van der Waals surface area contributed by atoms with Gasteiger partial charge in [-0.2, -0.15) is 0 Å². The summed E-state index contributed by atoms with van der Waals surface area (Å²) in [5.41, 5.74) is 13.8. The van der Waals surface area contributed by atoms with Gasteiger partial charge in [-0.15, -0.1) is 0 Å². The molecule has 6 aliphatic heterocycles. The van der Waals surface area contributed by atoms with E-state index in [1.807, 2.05) is 52.1 Å². The van der Waals surface area contributed by atoms with Crippen molar-refractivity contribution in [2.24, 2.45) is 4.99 Å². The highest BCUT2D eigenvalue weighted by Crippen LogP contribution is 2.39. The maximum atomic E-state index is 12.8. The van der Waals surface area contributed by atoms with Crippen LogP contribution in [0.5, 0.6) is 0 Å². The van der Waals surface area contributed by atoms with Gasteiger partial charge < -0.3 is 44.5 Å². The summed E-state index contributed by atoms with van der Waals surface area (Å²) in [5, 5.41) is 5.20. The third-order valence-corrected chi connectivity index (χ3v) is 18.9. The van der Waals surface area contributed by atoms with Crippen LogP contribution in [-0.2, 0) is 76.8 Å². The van der Waals surface area contributed by atoms with Gasteiger partial charge in [0.2, 0.25) is 35.9 Å². The smallest absolute Gasteiger partial charge is 0.762 e. The van der Waals surface area contributed by atoms with Gasteiger partial charge in [-0.25, -0.2) is 19.1 Å². The van der Waals surface area contributed by atoms with E-state index in [-0.39, 0.29) is 64.7 Å². The number of benzene rings is 3. The number of fused-ring (bicyclic) bond motifs is 9. The van der Waals surface area contributed by atoms with Crippen molar-refractivity contribution < 1.29 is 55.7 Å². The first kappa shape index (κ1) is 74.5. The van der Waals surface area contributed by atoms with Gasteiger partial charge in [0.15, 0.2) is 0 Å². The van der Waals surface area contributed by atoms with Gasteiger partial charge in [-0.05, 0) is 115 Å². The molecule has 3 aromatic heterocycles. The SMILES string of the molecule is CC(C)(C)c1cccc2c1CCN1C(=O)CNC(=O)C=C21.COCc1cn(C2=NCC(=O)N3CCc4c(cccc4C(C)(C)C)C3=C2)cn1.COCc1cnc[nH]1.FB(F)F.O=C1C=C2c3cccc(Br)c3CCN2C(=O)CN1.[F-].c1c[n+](C2CCCCC2)cn1C1CCCCC1. The molecule has 0 unspecified atom stereocenters. The van der Waals surface area contributed by atoms with Crippen LogP contribution in [0.1, 0.15) is 174 Å². The normalized spacial score (nSPS) is 17.6. The molecule has 0 spiro atoms. The van der Waals surface area contributed by atoms with Crippen molar-refractivity contribution in [3.05, 3.63) is 177 Å². The highest BCUT2D eigenvalue weighted by molar-refractivity contribution is 9.10. The van der Waals surface area contributed by atoms with Crippen molar-refractivity contribution in [3.8, 4) is 0 Å². The van der Waals surface area contributed by atoms with E-state index in [0.29, 0.717) is 38.5 Å². The third kappa shape index (κ3) is 19.3. The second-order valence-corrected chi connectivity index (χ2v) is 27.7. The summed E-state index contributed by atoms with van der Waals surface area (Å²) in [6.07, 6.45) is 35.7. The second kappa shape index (κ2) is 34.3. The van der Waals surface area contributed by atoms with E-state index in [4.69, 9.17) is 9.47 Å². The van der Waals surface area contributed by atoms with Gasteiger partial charge >= 0.3 is 7.54 Å². The molecule has 2 aliphatic carbocycles. The zero-order valence-corrected chi connectivity index (χ0v) is 58.4. The van der Waals surface area contributed by atoms with Gasteiger partial charge in [0, 0.05) is 79.4 Å². The minimum absolute atomic E-state index is 0. The topological polar surface area (TPSA) is 205 Å². The zero-order valence-electron chi connectivity index (χ0n) is 56.8. The number of amides is 5. The number of rotatable bonds is 6. The summed E-state index contributed by atoms with van der Waals surface area (Å²) < 4.78 is 46.8. The van der Waals surface area contributed by atoms with E-state index in [0.717, 1.165) is 86.7 Å². The monoisotopic (exact) mass is 1400 g/mol. The van der Waals surface area contributed by atoms with Crippen molar-refractivity contribution in [3.63, 3.8) is 0 Å². The lowest BCUT2D eigenvalue weighted by atomic mass is 9.79. The number of carbonyl (C=O) groups is 5. The molecule has 14 rings (SSSR count). The molecule has 3 N–H and O–H groups in total. The molecule has 3 aromatic carbocycles. The predicted molar refractivity (Wildman–Crippen MR) is 369 cm³/mol. The van der Waals surface area contributed by atoms with Crippen molar-refractivity contribution >= 4 is 75.9 Å². The van der Waals surface area contributed by atoms with E-state index in [1.165, 1.54) is 92.5 Å². The molecule has 8 aliphatic rings. The average Bonchev–Trinajstić information content (AvgIpc) is 1.64. The Morgan fingerprint density at radius 2 is 1.14 bits per heavy atom. The highest BCUT2D eigenvalue weighted by Gasteiger charge is 2.35. The quantitative estimate of drug-likeness (QED) is 0.0831. The lowest BCUT2D eigenvalue weighted by Gasteiger charge is -2.34. The maximum absolute atomic E-state index is 12.8. The molecule has 5 amide bonds. The highest BCUT2D eigenvalue weighted by atomic mass is 79.9. The number of methoxy groups -OCH3 is 2. The lowest BCUT2D eigenvalue weighted by Crippen LogP contribution is -3.00. The molecule has 0 radical (unpaired) electrons. The fraction of sp³-hybridized carbons (Fsp3) is 0.458. The molecule has 19 nitrogen and oxygen atoms in total. The molecule has 25 heteroatoms. The van der Waals surface area contributed by atoms with E-state index >= 15 is 0 Å².